The van der Waals surface area contributed by atoms with Gasteiger partial charge in [0.15, 0.2) is 0 Å². The molecule has 0 amide bonds. The van der Waals surface area contributed by atoms with E-state index in [1.54, 1.807) is 11.3 Å². The minimum absolute atomic E-state index is 0.276. The standard InChI is InChI=1S/C16H22N2S/c1-4-13-14(12-10-8-7-9-11-12)18-15(19-13)16(17,5-2)6-3/h7-11H,4-6,17H2,1-3H3. The number of benzene rings is 1. The maximum atomic E-state index is 6.48. The lowest BCUT2D eigenvalue weighted by Crippen LogP contribution is -2.34. The van der Waals surface area contributed by atoms with Crippen LogP contribution in [0.25, 0.3) is 11.3 Å². The summed E-state index contributed by atoms with van der Waals surface area (Å²) in [4.78, 5) is 6.19. The number of hydrogen-bond donors (Lipinski definition) is 1. The van der Waals surface area contributed by atoms with Crippen molar-refractivity contribution in [2.45, 2.75) is 45.6 Å². The number of rotatable bonds is 5. The Labute approximate surface area is 119 Å². The second-order valence-electron chi connectivity index (χ2n) is 4.87. The molecule has 0 aliphatic carbocycles. The lowest BCUT2D eigenvalue weighted by Gasteiger charge is -2.23. The van der Waals surface area contributed by atoms with Gasteiger partial charge in [-0.15, -0.1) is 11.3 Å². The van der Waals surface area contributed by atoms with E-state index in [4.69, 9.17) is 10.7 Å². The fraction of sp³-hybridized carbons (Fsp3) is 0.438. The highest BCUT2D eigenvalue weighted by molar-refractivity contribution is 7.12. The molecule has 102 valence electrons. The van der Waals surface area contributed by atoms with Crippen LogP contribution in [0.5, 0.6) is 0 Å². The molecule has 1 aromatic carbocycles. The van der Waals surface area contributed by atoms with Crippen molar-refractivity contribution in [1.29, 1.82) is 0 Å². The quantitative estimate of drug-likeness (QED) is 0.880. The molecule has 0 saturated heterocycles. The Balaban J connectivity index is 2.49. The summed E-state index contributed by atoms with van der Waals surface area (Å²) in [5.41, 5.74) is 8.51. The lowest BCUT2D eigenvalue weighted by atomic mass is 9.95. The van der Waals surface area contributed by atoms with Crippen LogP contribution >= 0.6 is 11.3 Å². The summed E-state index contributed by atoms with van der Waals surface area (Å²) in [6.07, 6.45) is 2.86. The van der Waals surface area contributed by atoms with E-state index >= 15 is 0 Å². The van der Waals surface area contributed by atoms with E-state index in [1.807, 2.05) is 6.07 Å². The maximum absolute atomic E-state index is 6.48. The van der Waals surface area contributed by atoms with Crippen LogP contribution < -0.4 is 5.73 Å². The number of aryl methyl sites for hydroxylation is 1. The summed E-state index contributed by atoms with van der Waals surface area (Å²) < 4.78 is 0. The zero-order valence-electron chi connectivity index (χ0n) is 11.9. The van der Waals surface area contributed by atoms with Gasteiger partial charge in [0.2, 0.25) is 0 Å². The highest BCUT2D eigenvalue weighted by atomic mass is 32.1. The Hall–Kier alpha value is -1.19. The molecule has 0 aliphatic heterocycles. The van der Waals surface area contributed by atoms with E-state index < -0.39 is 0 Å². The maximum Gasteiger partial charge on any atom is 0.113 e. The second-order valence-corrected chi connectivity index (χ2v) is 5.96. The first kappa shape index (κ1) is 14.2. The lowest BCUT2D eigenvalue weighted by molar-refractivity contribution is 0.411. The third-order valence-corrected chi connectivity index (χ3v) is 5.17. The molecule has 0 fully saturated rings. The number of thiazole rings is 1. The van der Waals surface area contributed by atoms with Crippen molar-refractivity contribution < 1.29 is 0 Å². The van der Waals surface area contributed by atoms with E-state index in [0.717, 1.165) is 30.0 Å². The summed E-state index contributed by atoms with van der Waals surface area (Å²) in [6.45, 7) is 6.46. The highest BCUT2D eigenvalue weighted by Crippen LogP contribution is 2.35. The topological polar surface area (TPSA) is 38.9 Å². The van der Waals surface area contributed by atoms with Gasteiger partial charge in [0.05, 0.1) is 11.2 Å². The van der Waals surface area contributed by atoms with Crippen LogP contribution in [0.3, 0.4) is 0 Å². The summed E-state index contributed by atoms with van der Waals surface area (Å²) in [6, 6.07) is 10.4. The van der Waals surface area contributed by atoms with E-state index in [0.29, 0.717) is 0 Å². The largest absolute Gasteiger partial charge is 0.319 e. The molecule has 3 heteroatoms. The van der Waals surface area contributed by atoms with Crippen molar-refractivity contribution >= 4 is 11.3 Å². The summed E-state index contributed by atoms with van der Waals surface area (Å²) in [7, 11) is 0. The zero-order chi connectivity index (χ0) is 13.9. The molecule has 19 heavy (non-hydrogen) atoms. The fourth-order valence-electron chi connectivity index (χ4n) is 2.18. The normalized spacial score (nSPS) is 11.8. The van der Waals surface area contributed by atoms with Gasteiger partial charge >= 0.3 is 0 Å². The van der Waals surface area contributed by atoms with E-state index in [9.17, 15) is 0 Å². The molecule has 0 unspecified atom stereocenters. The number of nitrogens with zero attached hydrogens (tertiary/aromatic N) is 1. The van der Waals surface area contributed by atoms with Crippen LogP contribution in [0.4, 0.5) is 0 Å². The molecule has 2 rings (SSSR count). The second kappa shape index (κ2) is 5.85. The first-order chi connectivity index (χ1) is 9.14. The molecule has 1 heterocycles. The van der Waals surface area contributed by atoms with E-state index in [1.165, 1.54) is 10.4 Å². The first-order valence-corrected chi connectivity index (χ1v) is 7.80. The van der Waals surface area contributed by atoms with Gasteiger partial charge in [0.1, 0.15) is 5.01 Å². The summed E-state index contributed by atoms with van der Waals surface area (Å²) in [5.74, 6) is 0. The van der Waals surface area contributed by atoms with Crippen LogP contribution in [0.2, 0.25) is 0 Å². The molecule has 0 radical (unpaired) electrons. The van der Waals surface area contributed by atoms with Gasteiger partial charge in [-0.25, -0.2) is 4.98 Å². The van der Waals surface area contributed by atoms with Crippen molar-refractivity contribution in [3.05, 3.63) is 40.2 Å². The van der Waals surface area contributed by atoms with E-state index in [2.05, 4.69) is 45.0 Å². The van der Waals surface area contributed by atoms with Crippen molar-refractivity contribution in [2.24, 2.45) is 5.73 Å². The third kappa shape index (κ3) is 2.72. The Bertz CT molecular complexity index is 527. The predicted octanol–water partition coefficient (Wildman–Crippen LogP) is 4.35. The van der Waals surface area contributed by atoms with Crippen LogP contribution in [0.1, 0.15) is 43.5 Å². The number of nitrogens with two attached hydrogens (primary N) is 1. The molecule has 2 nitrogen and oxygen atoms in total. The number of aromatic nitrogens is 1. The smallest absolute Gasteiger partial charge is 0.113 e. The molecule has 2 aromatic rings. The van der Waals surface area contributed by atoms with Crippen LogP contribution in [0.15, 0.2) is 30.3 Å². The zero-order valence-corrected chi connectivity index (χ0v) is 12.8. The minimum Gasteiger partial charge on any atom is -0.319 e. The van der Waals surface area contributed by atoms with Gasteiger partial charge in [0.25, 0.3) is 0 Å². The molecular formula is C16H22N2S. The van der Waals surface area contributed by atoms with Gasteiger partial charge in [-0.3, -0.25) is 0 Å². The van der Waals surface area contributed by atoms with Crippen molar-refractivity contribution in [3.8, 4) is 11.3 Å². The van der Waals surface area contributed by atoms with Crippen molar-refractivity contribution in [3.63, 3.8) is 0 Å². The number of hydrogen-bond acceptors (Lipinski definition) is 3. The Morgan fingerprint density at radius 1 is 1.11 bits per heavy atom. The average molecular weight is 274 g/mol. The van der Waals surface area contributed by atoms with Crippen molar-refractivity contribution in [1.82, 2.24) is 4.98 Å². The van der Waals surface area contributed by atoms with Gasteiger partial charge in [-0.2, -0.15) is 0 Å². The minimum atomic E-state index is -0.276. The third-order valence-electron chi connectivity index (χ3n) is 3.75. The Morgan fingerprint density at radius 2 is 1.74 bits per heavy atom. The van der Waals surface area contributed by atoms with Crippen LogP contribution in [0, 0.1) is 0 Å². The van der Waals surface area contributed by atoms with E-state index in [-0.39, 0.29) is 5.54 Å². The monoisotopic (exact) mass is 274 g/mol. The van der Waals surface area contributed by atoms with Gasteiger partial charge < -0.3 is 5.73 Å². The van der Waals surface area contributed by atoms with Gasteiger partial charge in [-0.1, -0.05) is 51.1 Å². The van der Waals surface area contributed by atoms with Gasteiger partial charge in [0, 0.05) is 10.4 Å². The Kier molecular flexibility index (Phi) is 4.38. The molecule has 0 spiro atoms. The summed E-state index contributed by atoms with van der Waals surface area (Å²) >= 11 is 1.77. The molecule has 0 bridgehead atoms. The highest BCUT2D eigenvalue weighted by Gasteiger charge is 2.28. The van der Waals surface area contributed by atoms with Crippen molar-refractivity contribution in [2.75, 3.05) is 0 Å². The molecule has 0 saturated carbocycles. The first-order valence-electron chi connectivity index (χ1n) is 6.99. The summed E-state index contributed by atoms with van der Waals surface area (Å²) in [5, 5.41) is 1.08. The molecular weight excluding hydrogens is 252 g/mol. The molecule has 1 aromatic heterocycles. The van der Waals surface area contributed by atoms with Crippen LogP contribution in [-0.2, 0) is 12.0 Å². The van der Waals surface area contributed by atoms with Gasteiger partial charge in [-0.05, 0) is 19.3 Å². The molecule has 0 atom stereocenters. The predicted molar refractivity (Wildman–Crippen MR) is 83.4 cm³/mol. The fourth-order valence-corrected chi connectivity index (χ4v) is 3.45. The molecule has 2 N–H and O–H groups in total. The SMILES string of the molecule is CCc1sc(C(N)(CC)CC)nc1-c1ccccc1. The molecule has 0 aliphatic rings. The Morgan fingerprint density at radius 3 is 2.26 bits per heavy atom. The van der Waals surface area contributed by atoms with Crippen LogP contribution in [-0.4, -0.2) is 4.98 Å². The average Bonchev–Trinajstić information content (AvgIpc) is 2.92.